The highest BCUT2D eigenvalue weighted by atomic mass is 16.2. The third-order valence-electron chi connectivity index (χ3n) is 5.67. The normalized spacial score (nSPS) is 13.1. The van der Waals surface area contributed by atoms with Gasteiger partial charge in [0, 0.05) is 37.1 Å². The SMILES string of the molecule is C=CCN(CC(=O)N(Cc1cccn1C)C1CC1)C(=O)c1ccc(CCCC)cc1. The monoisotopic (exact) mass is 407 g/mol. The second kappa shape index (κ2) is 10.3. The minimum absolute atomic E-state index is 0.00605. The van der Waals surface area contributed by atoms with Gasteiger partial charge >= 0.3 is 0 Å². The maximum absolute atomic E-state index is 13.1. The van der Waals surface area contributed by atoms with Gasteiger partial charge in [0.1, 0.15) is 6.54 Å². The number of hydrogen-bond acceptors (Lipinski definition) is 2. The average molecular weight is 408 g/mol. The number of amides is 2. The zero-order valence-corrected chi connectivity index (χ0v) is 18.2. The molecule has 5 heteroatoms. The van der Waals surface area contributed by atoms with Crippen LogP contribution >= 0.6 is 0 Å². The van der Waals surface area contributed by atoms with Gasteiger partial charge in [0.25, 0.3) is 5.91 Å². The molecule has 160 valence electrons. The molecule has 0 atom stereocenters. The lowest BCUT2D eigenvalue weighted by Gasteiger charge is -2.27. The van der Waals surface area contributed by atoms with E-state index in [-0.39, 0.29) is 24.4 Å². The fraction of sp³-hybridized carbons (Fsp3) is 0.440. The van der Waals surface area contributed by atoms with Crippen LogP contribution in [0.3, 0.4) is 0 Å². The lowest BCUT2D eigenvalue weighted by molar-refractivity contribution is -0.133. The van der Waals surface area contributed by atoms with Gasteiger partial charge in [-0.05, 0) is 55.5 Å². The van der Waals surface area contributed by atoms with Crippen LogP contribution in [0.25, 0.3) is 0 Å². The van der Waals surface area contributed by atoms with Crippen LogP contribution in [0.1, 0.15) is 54.2 Å². The summed E-state index contributed by atoms with van der Waals surface area (Å²) in [6.07, 6.45) is 9.05. The van der Waals surface area contributed by atoms with E-state index in [1.807, 2.05) is 59.1 Å². The Labute approximate surface area is 180 Å². The van der Waals surface area contributed by atoms with Crippen molar-refractivity contribution >= 4 is 11.8 Å². The molecule has 1 aliphatic rings. The van der Waals surface area contributed by atoms with Crippen LogP contribution in [0, 0.1) is 0 Å². The first-order valence-corrected chi connectivity index (χ1v) is 10.9. The van der Waals surface area contributed by atoms with Gasteiger partial charge in [-0.15, -0.1) is 6.58 Å². The number of hydrogen-bond donors (Lipinski definition) is 0. The van der Waals surface area contributed by atoms with Gasteiger partial charge in [-0.1, -0.05) is 31.6 Å². The first-order chi connectivity index (χ1) is 14.5. The first-order valence-electron chi connectivity index (χ1n) is 10.9. The Morgan fingerprint density at radius 2 is 1.93 bits per heavy atom. The number of aryl methyl sites for hydroxylation is 2. The molecule has 1 aromatic carbocycles. The van der Waals surface area contributed by atoms with Crippen molar-refractivity contribution in [1.82, 2.24) is 14.4 Å². The van der Waals surface area contributed by atoms with E-state index in [0.29, 0.717) is 18.7 Å². The van der Waals surface area contributed by atoms with Gasteiger partial charge in [-0.3, -0.25) is 9.59 Å². The third-order valence-corrected chi connectivity index (χ3v) is 5.67. The summed E-state index contributed by atoms with van der Waals surface area (Å²) in [6.45, 7) is 6.95. The van der Waals surface area contributed by atoms with Crippen LogP contribution in [0.5, 0.6) is 0 Å². The van der Waals surface area contributed by atoms with Gasteiger partial charge in [0.05, 0.1) is 6.54 Å². The molecule has 0 N–H and O–H groups in total. The van der Waals surface area contributed by atoms with E-state index < -0.39 is 0 Å². The molecule has 1 fully saturated rings. The molecule has 3 rings (SSSR count). The predicted octanol–water partition coefficient (Wildman–Crippen LogP) is 4.19. The lowest BCUT2D eigenvalue weighted by Crippen LogP contribution is -2.43. The highest BCUT2D eigenvalue weighted by molar-refractivity contribution is 5.96. The third kappa shape index (κ3) is 5.62. The Hall–Kier alpha value is -2.82. The molecule has 0 unspecified atom stereocenters. The molecule has 0 saturated heterocycles. The summed E-state index contributed by atoms with van der Waals surface area (Å²) in [4.78, 5) is 29.7. The van der Waals surface area contributed by atoms with Gasteiger partial charge in [-0.25, -0.2) is 0 Å². The largest absolute Gasteiger partial charge is 0.353 e. The molecule has 1 aliphatic carbocycles. The molecule has 0 spiro atoms. The zero-order valence-electron chi connectivity index (χ0n) is 18.2. The maximum Gasteiger partial charge on any atom is 0.254 e. The van der Waals surface area contributed by atoms with Gasteiger partial charge in [0.2, 0.25) is 5.91 Å². The molecule has 2 amide bonds. The van der Waals surface area contributed by atoms with Crippen LogP contribution in [0.4, 0.5) is 0 Å². The van der Waals surface area contributed by atoms with E-state index in [1.54, 1.807) is 11.0 Å². The standard InChI is InChI=1S/C25H33N3O2/c1-4-6-8-20-10-12-21(13-11-20)25(30)27(16-5-2)19-24(29)28(22-14-15-22)18-23-9-7-17-26(23)3/h5,7,9-13,17,22H,2,4,6,8,14-16,18-19H2,1,3H3. The Kier molecular flexibility index (Phi) is 7.50. The summed E-state index contributed by atoms with van der Waals surface area (Å²) < 4.78 is 2.04. The summed E-state index contributed by atoms with van der Waals surface area (Å²) in [6, 6.07) is 12.1. The van der Waals surface area contributed by atoms with Crippen molar-refractivity contribution in [3.05, 3.63) is 72.1 Å². The van der Waals surface area contributed by atoms with Gasteiger partial charge in [0.15, 0.2) is 0 Å². The average Bonchev–Trinajstić information content (AvgIpc) is 3.51. The van der Waals surface area contributed by atoms with Crippen molar-refractivity contribution in [1.29, 1.82) is 0 Å². The van der Waals surface area contributed by atoms with Crippen molar-refractivity contribution in [3.8, 4) is 0 Å². The van der Waals surface area contributed by atoms with Crippen molar-refractivity contribution in [3.63, 3.8) is 0 Å². The Bertz CT molecular complexity index is 865. The van der Waals surface area contributed by atoms with Crippen molar-refractivity contribution < 1.29 is 9.59 Å². The summed E-state index contributed by atoms with van der Waals surface area (Å²) in [5.74, 6) is -0.131. The Morgan fingerprint density at radius 1 is 1.20 bits per heavy atom. The molecule has 5 nitrogen and oxygen atoms in total. The quantitative estimate of drug-likeness (QED) is 0.525. The van der Waals surface area contributed by atoms with E-state index in [4.69, 9.17) is 0 Å². The summed E-state index contributed by atoms with van der Waals surface area (Å²) in [7, 11) is 1.99. The molecular weight excluding hydrogens is 374 g/mol. The summed E-state index contributed by atoms with van der Waals surface area (Å²) >= 11 is 0. The maximum atomic E-state index is 13.1. The Morgan fingerprint density at radius 3 is 2.50 bits per heavy atom. The van der Waals surface area contributed by atoms with Crippen LogP contribution < -0.4 is 0 Å². The molecule has 1 aromatic heterocycles. The van der Waals surface area contributed by atoms with E-state index in [1.165, 1.54) is 5.56 Å². The van der Waals surface area contributed by atoms with Crippen molar-refractivity contribution in [2.45, 2.75) is 51.6 Å². The second-order valence-corrected chi connectivity index (χ2v) is 8.14. The molecule has 1 saturated carbocycles. The topological polar surface area (TPSA) is 45.6 Å². The van der Waals surface area contributed by atoms with E-state index in [9.17, 15) is 9.59 Å². The van der Waals surface area contributed by atoms with Gasteiger partial charge in [-0.2, -0.15) is 0 Å². The van der Waals surface area contributed by atoms with Crippen molar-refractivity contribution in [2.75, 3.05) is 13.1 Å². The Balaban J connectivity index is 1.68. The lowest BCUT2D eigenvalue weighted by atomic mass is 10.1. The minimum atomic E-state index is -0.125. The molecule has 0 radical (unpaired) electrons. The van der Waals surface area contributed by atoms with E-state index in [2.05, 4.69) is 13.5 Å². The van der Waals surface area contributed by atoms with E-state index in [0.717, 1.165) is 37.8 Å². The number of rotatable bonds is 11. The zero-order chi connectivity index (χ0) is 21.5. The minimum Gasteiger partial charge on any atom is -0.353 e. The fourth-order valence-electron chi connectivity index (χ4n) is 3.65. The van der Waals surface area contributed by atoms with Crippen molar-refractivity contribution in [2.24, 2.45) is 7.05 Å². The van der Waals surface area contributed by atoms with E-state index >= 15 is 0 Å². The van der Waals surface area contributed by atoms with Crippen LogP contribution in [0.15, 0.2) is 55.3 Å². The van der Waals surface area contributed by atoms with Crippen LogP contribution in [-0.2, 0) is 24.8 Å². The molecule has 0 bridgehead atoms. The molecule has 2 aromatic rings. The van der Waals surface area contributed by atoms with Gasteiger partial charge < -0.3 is 14.4 Å². The number of nitrogens with zero attached hydrogens (tertiary/aromatic N) is 3. The smallest absolute Gasteiger partial charge is 0.254 e. The molecule has 30 heavy (non-hydrogen) atoms. The molecule has 0 aliphatic heterocycles. The first kappa shape index (κ1) is 21.9. The molecule has 1 heterocycles. The number of unbranched alkanes of at least 4 members (excludes halogenated alkanes) is 1. The highest BCUT2D eigenvalue weighted by Gasteiger charge is 2.34. The summed E-state index contributed by atoms with van der Waals surface area (Å²) in [5.41, 5.74) is 2.95. The fourth-order valence-corrected chi connectivity index (χ4v) is 3.65. The van der Waals surface area contributed by atoms with Crippen LogP contribution in [-0.4, -0.2) is 45.3 Å². The van der Waals surface area contributed by atoms with Crippen LogP contribution in [0.2, 0.25) is 0 Å². The second-order valence-electron chi connectivity index (χ2n) is 8.14. The number of carbonyl (C=O) groups is 2. The summed E-state index contributed by atoms with van der Waals surface area (Å²) in [5, 5.41) is 0. The molecular formula is C25H33N3O2. The number of carbonyl (C=O) groups excluding carboxylic acids is 2. The highest BCUT2D eigenvalue weighted by Crippen LogP contribution is 2.28. The number of aromatic nitrogens is 1. The number of benzene rings is 1. The predicted molar refractivity (Wildman–Crippen MR) is 120 cm³/mol.